The Morgan fingerprint density at radius 1 is 0.750 bits per heavy atom. The molecule has 44 heavy (non-hydrogen) atoms. The van der Waals surface area contributed by atoms with Crippen LogP contribution in [0.25, 0.3) is 0 Å². The lowest BCUT2D eigenvalue weighted by Crippen LogP contribution is -2.36. The van der Waals surface area contributed by atoms with Gasteiger partial charge in [-0.25, -0.2) is 0 Å². The van der Waals surface area contributed by atoms with Gasteiger partial charge in [0.05, 0.1) is 13.2 Å². The Balaban J connectivity index is 0.00000442. The zero-order valence-corrected chi connectivity index (χ0v) is 25.1. The molecule has 0 radical (unpaired) electrons. The molecule has 224 valence electrons. The van der Waals surface area contributed by atoms with Crippen LogP contribution in [0.15, 0.2) is 133 Å². The van der Waals surface area contributed by atoms with Crippen LogP contribution in [0.5, 0.6) is 11.5 Å². The highest BCUT2D eigenvalue weighted by Gasteiger charge is 2.26. The SMILES string of the molecule is COc1cc(C(Nc2ccc(C(=N)N)cc2)C(=O)NC(c2ccccc2)c2ccccc2)ccc1OCc1ccccc1.Cl. The van der Waals surface area contributed by atoms with Crippen LogP contribution in [0.4, 0.5) is 5.69 Å². The number of nitrogens with two attached hydrogens (primary N) is 1. The van der Waals surface area contributed by atoms with Gasteiger partial charge < -0.3 is 25.8 Å². The van der Waals surface area contributed by atoms with E-state index in [1.165, 1.54) is 0 Å². The minimum Gasteiger partial charge on any atom is -0.493 e. The number of amidine groups is 1. The first-order chi connectivity index (χ1) is 21.0. The van der Waals surface area contributed by atoms with Crippen LogP contribution < -0.4 is 25.8 Å². The zero-order valence-electron chi connectivity index (χ0n) is 24.3. The van der Waals surface area contributed by atoms with E-state index >= 15 is 0 Å². The zero-order chi connectivity index (χ0) is 30.0. The molecule has 1 atom stereocenters. The normalized spacial score (nSPS) is 11.1. The molecule has 1 unspecified atom stereocenters. The Labute approximate surface area is 264 Å². The van der Waals surface area contributed by atoms with Crippen molar-refractivity contribution in [2.45, 2.75) is 18.7 Å². The summed E-state index contributed by atoms with van der Waals surface area (Å²) >= 11 is 0. The molecule has 5 N–H and O–H groups in total. The van der Waals surface area contributed by atoms with Crippen LogP contribution in [0.3, 0.4) is 0 Å². The minimum absolute atomic E-state index is 0. The van der Waals surface area contributed by atoms with Crippen molar-refractivity contribution >= 4 is 29.8 Å². The third-order valence-corrected chi connectivity index (χ3v) is 7.08. The molecule has 0 spiro atoms. The summed E-state index contributed by atoms with van der Waals surface area (Å²) in [6.45, 7) is 0.386. The molecular formula is C36H35ClN4O3. The lowest BCUT2D eigenvalue weighted by molar-refractivity contribution is -0.122. The van der Waals surface area contributed by atoms with E-state index in [-0.39, 0.29) is 30.2 Å². The van der Waals surface area contributed by atoms with Crippen LogP contribution in [0.1, 0.15) is 39.9 Å². The van der Waals surface area contributed by atoms with Gasteiger partial charge >= 0.3 is 0 Å². The van der Waals surface area contributed by atoms with E-state index in [9.17, 15) is 4.79 Å². The molecule has 0 aliphatic heterocycles. The van der Waals surface area contributed by atoms with Gasteiger partial charge in [0, 0.05) is 11.3 Å². The van der Waals surface area contributed by atoms with Gasteiger partial charge in [-0.2, -0.15) is 0 Å². The summed E-state index contributed by atoms with van der Waals surface area (Å²) in [5.74, 6) is 0.840. The maximum Gasteiger partial charge on any atom is 0.247 e. The van der Waals surface area contributed by atoms with Crippen molar-refractivity contribution in [1.82, 2.24) is 5.32 Å². The lowest BCUT2D eigenvalue weighted by atomic mass is 9.97. The number of halogens is 1. The third-order valence-electron chi connectivity index (χ3n) is 7.08. The lowest BCUT2D eigenvalue weighted by Gasteiger charge is -2.26. The van der Waals surface area contributed by atoms with E-state index < -0.39 is 6.04 Å². The van der Waals surface area contributed by atoms with Crippen molar-refractivity contribution < 1.29 is 14.3 Å². The number of nitrogen functional groups attached to an aromatic ring is 1. The summed E-state index contributed by atoms with van der Waals surface area (Å²) in [6, 6.07) is 41.1. The Hall–Kier alpha value is -5.27. The number of hydrogen-bond acceptors (Lipinski definition) is 5. The monoisotopic (exact) mass is 606 g/mol. The summed E-state index contributed by atoms with van der Waals surface area (Å²) in [5.41, 5.74) is 10.6. The number of rotatable bonds is 12. The number of ether oxygens (including phenoxy) is 2. The molecule has 5 rings (SSSR count). The van der Waals surface area contributed by atoms with E-state index in [0.29, 0.717) is 34.9 Å². The van der Waals surface area contributed by atoms with E-state index in [2.05, 4.69) is 10.6 Å². The summed E-state index contributed by atoms with van der Waals surface area (Å²) in [4.78, 5) is 14.2. The predicted molar refractivity (Wildman–Crippen MR) is 178 cm³/mol. The van der Waals surface area contributed by atoms with Gasteiger partial charge in [-0.15, -0.1) is 12.4 Å². The van der Waals surface area contributed by atoms with Gasteiger partial charge in [-0.1, -0.05) is 97.1 Å². The van der Waals surface area contributed by atoms with Crippen molar-refractivity contribution in [2.24, 2.45) is 5.73 Å². The Morgan fingerprint density at radius 3 is 1.86 bits per heavy atom. The Morgan fingerprint density at radius 2 is 1.32 bits per heavy atom. The second-order valence-corrected chi connectivity index (χ2v) is 10.0. The van der Waals surface area contributed by atoms with Gasteiger partial charge in [0.2, 0.25) is 5.91 Å². The summed E-state index contributed by atoms with van der Waals surface area (Å²) in [5, 5.41) is 14.4. The molecule has 7 nitrogen and oxygen atoms in total. The number of nitrogens with one attached hydrogen (secondary N) is 3. The topological polar surface area (TPSA) is 109 Å². The first-order valence-electron chi connectivity index (χ1n) is 14.0. The van der Waals surface area contributed by atoms with E-state index in [1.807, 2.05) is 109 Å². The van der Waals surface area contributed by atoms with E-state index in [0.717, 1.165) is 16.7 Å². The highest BCUT2D eigenvalue weighted by molar-refractivity contribution is 5.95. The summed E-state index contributed by atoms with van der Waals surface area (Å²) in [6.07, 6.45) is 0. The number of amides is 1. The molecule has 0 aliphatic carbocycles. The molecular weight excluding hydrogens is 572 g/mol. The van der Waals surface area contributed by atoms with Gasteiger partial charge in [-0.05, 0) is 58.7 Å². The summed E-state index contributed by atoms with van der Waals surface area (Å²) in [7, 11) is 1.58. The predicted octanol–water partition coefficient (Wildman–Crippen LogP) is 7.04. The van der Waals surface area contributed by atoms with Crippen LogP contribution in [0.2, 0.25) is 0 Å². The largest absolute Gasteiger partial charge is 0.493 e. The Bertz CT molecular complexity index is 1610. The van der Waals surface area contributed by atoms with Crippen molar-refractivity contribution in [1.29, 1.82) is 5.41 Å². The maximum atomic E-state index is 14.2. The smallest absolute Gasteiger partial charge is 0.247 e. The first kappa shape index (κ1) is 31.7. The fourth-order valence-electron chi connectivity index (χ4n) is 4.81. The van der Waals surface area contributed by atoms with Gasteiger partial charge in [0.1, 0.15) is 18.5 Å². The third kappa shape index (κ3) is 7.96. The van der Waals surface area contributed by atoms with E-state index in [1.54, 1.807) is 31.4 Å². The standard InChI is InChI=1S/C36H34N4O3.ClH/c1-42-32-23-29(19-22-31(32)43-24-25-11-5-2-6-12-25)34(39-30-20-17-28(18-21-30)35(37)38)36(41)40-33(26-13-7-3-8-14-26)27-15-9-4-10-16-27;/h2-23,33-34,39H,24H2,1H3,(H3,37,38)(H,40,41);1H. The molecule has 0 saturated carbocycles. The molecule has 0 saturated heterocycles. The number of anilines is 1. The number of benzene rings is 5. The first-order valence-corrected chi connectivity index (χ1v) is 14.0. The molecule has 0 bridgehead atoms. The Kier molecular flexibility index (Phi) is 11.0. The number of hydrogen-bond donors (Lipinski definition) is 4. The molecule has 0 heterocycles. The average molecular weight is 607 g/mol. The number of methoxy groups -OCH3 is 1. The van der Waals surface area contributed by atoms with Gasteiger partial charge in [-0.3, -0.25) is 10.2 Å². The molecule has 0 aromatic heterocycles. The second kappa shape index (κ2) is 15.3. The van der Waals surface area contributed by atoms with E-state index in [4.69, 9.17) is 20.6 Å². The molecule has 5 aromatic carbocycles. The molecule has 0 fully saturated rings. The molecule has 8 heteroatoms. The minimum atomic E-state index is -0.782. The molecule has 0 aliphatic rings. The highest BCUT2D eigenvalue weighted by atomic mass is 35.5. The van der Waals surface area contributed by atoms with Crippen LogP contribution >= 0.6 is 12.4 Å². The maximum absolute atomic E-state index is 14.2. The number of carbonyl (C=O) groups is 1. The van der Waals surface area contributed by atoms with Gasteiger partial charge in [0.15, 0.2) is 11.5 Å². The fraction of sp³-hybridized carbons (Fsp3) is 0.111. The van der Waals surface area contributed by atoms with Crippen LogP contribution in [-0.4, -0.2) is 18.9 Å². The van der Waals surface area contributed by atoms with Crippen molar-refractivity contribution in [2.75, 3.05) is 12.4 Å². The molecule has 5 aromatic rings. The van der Waals surface area contributed by atoms with Crippen LogP contribution in [-0.2, 0) is 11.4 Å². The summed E-state index contributed by atoms with van der Waals surface area (Å²) < 4.78 is 11.8. The van der Waals surface area contributed by atoms with Crippen molar-refractivity contribution in [3.63, 3.8) is 0 Å². The van der Waals surface area contributed by atoms with Crippen LogP contribution in [0, 0.1) is 5.41 Å². The average Bonchev–Trinajstić information content (AvgIpc) is 3.06. The van der Waals surface area contributed by atoms with Gasteiger partial charge in [0.25, 0.3) is 0 Å². The fourth-order valence-corrected chi connectivity index (χ4v) is 4.81. The quantitative estimate of drug-likeness (QED) is 0.0899. The highest BCUT2D eigenvalue weighted by Crippen LogP contribution is 2.33. The molecule has 1 amide bonds. The van der Waals surface area contributed by atoms with Crippen molar-refractivity contribution in [3.8, 4) is 11.5 Å². The van der Waals surface area contributed by atoms with Crippen molar-refractivity contribution in [3.05, 3.63) is 161 Å². The second-order valence-electron chi connectivity index (χ2n) is 10.0. The number of carbonyl (C=O) groups excluding carboxylic acids is 1.